The molecular formula is C20H25N3O6S. The molecule has 0 saturated heterocycles. The summed E-state index contributed by atoms with van der Waals surface area (Å²) in [7, 11) is -3.79. The van der Waals surface area contributed by atoms with Gasteiger partial charge in [-0.05, 0) is 69.3 Å². The zero-order valence-corrected chi connectivity index (χ0v) is 17.8. The van der Waals surface area contributed by atoms with E-state index in [0.29, 0.717) is 19.0 Å². The van der Waals surface area contributed by atoms with E-state index in [1.807, 2.05) is 6.92 Å². The van der Waals surface area contributed by atoms with E-state index in [4.69, 9.17) is 9.47 Å². The molecule has 0 aliphatic heterocycles. The lowest BCUT2D eigenvalue weighted by Gasteiger charge is -2.13. The van der Waals surface area contributed by atoms with Crippen LogP contribution in [-0.4, -0.2) is 39.5 Å². The Labute approximate surface area is 175 Å². The van der Waals surface area contributed by atoms with E-state index >= 15 is 0 Å². The number of carbonyl (C=O) groups is 2. The third-order valence-electron chi connectivity index (χ3n) is 3.93. The van der Waals surface area contributed by atoms with Crippen LogP contribution in [0.2, 0.25) is 0 Å². The zero-order chi connectivity index (χ0) is 22.1. The van der Waals surface area contributed by atoms with Gasteiger partial charge in [0.2, 0.25) is 0 Å². The number of rotatable bonds is 9. The number of benzene rings is 2. The van der Waals surface area contributed by atoms with Gasteiger partial charge in [0.25, 0.3) is 21.8 Å². The third kappa shape index (κ3) is 6.46. The number of sulfonamides is 1. The molecule has 0 bridgehead atoms. The van der Waals surface area contributed by atoms with Gasteiger partial charge in [-0.1, -0.05) is 0 Å². The number of hydrazine groups is 1. The highest BCUT2D eigenvalue weighted by Gasteiger charge is 2.16. The van der Waals surface area contributed by atoms with E-state index in [9.17, 15) is 18.0 Å². The summed E-state index contributed by atoms with van der Waals surface area (Å²) < 4.78 is 37.9. The fourth-order valence-corrected chi connectivity index (χ4v) is 3.46. The monoisotopic (exact) mass is 435 g/mol. The summed E-state index contributed by atoms with van der Waals surface area (Å²) in [6.07, 6.45) is -0.699. The van der Waals surface area contributed by atoms with Crippen LogP contribution >= 0.6 is 0 Å². The fraction of sp³-hybridized carbons (Fsp3) is 0.300. The Kier molecular flexibility index (Phi) is 8.19. The molecule has 10 heteroatoms. The zero-order valence-electron chi connectivity index (χ0n) is 17.0. The van der Waals surface area contributed by atoms with Gasteiger partial charge < -0.3 is 9.47 Å². The van der Waals surface area contributed by atoms with E-state index < -0.39 is 27.9 Å². The maximum atomic E-state index is 12.5. The minimum atomic E-state index is -3.79. The van der Waals surface area contributed by atoms with Crippen molar-refractivity contribution >= 4 is 27.5 Å². The quantitative estimate of drug-likeness (QED) is 0.518. The van der Waals surface area contributed by atoms with Gasteiger partial charge >= 0.3 is 0 Å². The van der Waals surface area contributed by atoms with Crippen LogP contribution in [0.3, 0.4) is 0 Å². The van der Waals surface area contributed by atoms with E-state index in [0.717, 1.165) is 0 Å². The molecule has 9 nitrogen and oxygen atoms in total. The standard InChI is InChI=1S/C20H25N3O6S/c1-4-28-14(3)19(24)21-22-20(25)15-6-8-16(9-7-15)23-30(26,27)18-12-10-17(11-13-18)29-5-2/h6-14,23H,4-5H2,1-3H3,(H,21,24)(H,22,25). The maximum absolute atomic E-state index is 12.5. The van der Waals surface area contributed by atoms with Gasteiger partial charge in [-0.25, -0.2) is 8.42 Å². The molecule has 0 saturated carbocycles. The van der Waals surface area contributed by atoms with Crippen LogP contribution in [0.25, 0.3) is 0 Å². The smallest absolute Gasteiger partial charge is 0.269 e. The Morgan fingerprint density at radius 2 is 1.57 bits per heavy atom. The summed E-state index contributed by atoms with van der Waals surface area (Å²) >= 11 is 0. The minimum Gasteiger partial charge on any atom is -0.494 e. The summed E-state index contributed by atoms with van der Waals surface area (Å²) in [4.78, 5) is 23.9. The number of ether oxygens (including phenoxy) is 2. The Bertz CT molecular complexity index is 959. The van der Waals surface area contributed by atoms with Gasteiger partial charge in [-0.2, -0.15) is 0 Å². The number of hydrogen-bond donors (Lipinski definition) is 3. The molecule has 2 aromatic rings. The Morgan fingerprint density at radius 3 is 2.13 bits per heavy atom. The number of anilines is 1. The fourth-order valence-electron chi connectivity index (χ4n) is 2.40. The van der Waals surface area contributed by atoms with Gasteiger partial charge in [0.15, 0.2) is 0 Å². The predicted molar refractivity (Wildman–Crippen MR) is 112 cm³/mol. The number of nitrogens with one attached hydrogen (secondary N) is 3. The highest BCUT2D eigenvalue weighted by Crippen LogP contribution is 2.19. The van der Waals surface area contributed by atoms with Crippen LogP contribution in [0.4, 0.5) is 5.69 Å². The highest BCUT2D eigenvalue weighted by atomic mass is 32.2. The van der Waals surface area contributed by atoms with E-state index in [-0.39, 0.29) is 16.1 Å². The van der Waals surface area contributed by atoms with Crippen molar-refractivity contribution in [2.75, 3.05) is 17.9 Å². The van der Waals surface area contributed by atoms with E-state index in [1.54, 1.807) is 26.0 Å². The van der Waals surface area contributed by atoms with Gasteiger partial charge in [0.05, 0.1) is 11.5 Å². The Hall–Kier alpha value is -3.11. The molecule has 0 aromatic heterocycles. The van der Waals surface area contributed by atoms with Crippen LogP contribution in [0.15, 0.2) is 53.4 Å². The SMILES string of the molecule is CCOc1ccc(S(=O)(=O)Nc2ccc(C(=O)NNC(=O)C(C)OCC)cc2)cc1. The molecule has 0 fully saturated rings. The summed E-state index contributed by atoms with van der Waals surface area (Å²) in [5.41, 5.74) is 5.07. The van der Waals surface area contributed by atoms with E-state index in [2.05, 4.69) is 15.6 Å². The third-order valence-corrected chi connectivity index (χ3v) is 5.33. The van der Waals surface area contributed by atoms with E-state index in [1.165, 1.54) is 36.4 Å². The van der Waals surface area contributed by atoms with Crippen molar-refractivity contribution in [3.63, 3.8) is 0 Å². The molecule has 2 aromatic carbocycles. The predicted octanol–water partition coefficient (Wildman–Crippen LogP) is 2.07. The first-order valence-electron chi connectivity index (χ1n) is 9.34. The van der Waals surface area contributed by atoms with Crippen LogP contribution < -0.4 is 20.3 Å². The average molecular weight is 436 g/mol. The second-order valence-corrected chi connectivity index (χ2v) is 7.81. The summed E-state index contributed by atoms with van der Waals surface area (Å²) in [6.45, 7) is 6.02. The number of hydrogen-bond acceptors (Lipinski definition) is 6. The summed E-state index contributed by atoms with van der Waals surface area (Å²) in [5, 5.41) is 0. The first kappa shape index (κ1) is 23.2. The molecule has 0 heterocycles. The lowest BCUT2D eigenvalue weighted by atomic mass is 10.2. The molecule has 0 radical (unpaired) electrons. The Morgan fingerprint density at radius 1 is 0.933 bits per heavy atom. The van der Waals surface area contributed by atoms with Gasteiger partial charge in [0.1, 0.15) is 11.9 Å². The van der Waals surface area contributed by atoms with Crippen molar-refractivity contribution < 1.29 is 27.5 Å². The number of carbonyl (C=O) groups excluding carboxylic acids is 2. The van der Waals surface area contributed by atoms with Crippen molar-refractivity contribution in [1.29, 1.82) is 0 Å². The summed E-state index contributed by atoms with van der Waals surface area (Å²) in [6, 6.07) is 11.8. The molecule has 1 atom stereocenters. The van der Waals surface area contributed by atoms with Crippen molar-refractivity contribution in [3.05, 3.63) is 54.1 Å². The first-order chi connectivity index (χ1) is 14.3. The van der Waals surface area contributed by atoms with Crippen molar-refractivity contribution in [3.8, 4) is 5.75 Å². The lowest BCUT2D eigenvalue weighted by molar-refractivity contribution is -0.132. The molecule has 162 valence electrons. The van der Waals surface area contributed by atoms with Crippen molar-refractivity contribution in [1.82, 2.24) is 10.9 Å². The molecule has 1 unspecified atom stereocenters. The van der Waals surface area contributed by atoms with Crippen LogP contribution in [0.5, 0.6) is 5.75 Å². The molecule has 3 N–H and O–H groups in total. The van der Waals surface area contributed by atoms with Crippen molar-refractivity contribution in [2.45, 2.75) is 31.8 Å². The minimum absolute atomic E-state index is 0.0823. The topological polar surface area (TPSA) is 123 Å². The molecular weight excluding hydrogens is 410 g/mol. The van der Waals surface area contributed by atoms with Gasteiger partial charge in [-0.3, -0.25) is 25.2 Å². The Balaban J connectivity index is 1.97. The van der Waals surface area contributed by atoms with Crippen LogP contribution in [0, 0.1) is 0 Å². The molecule has 2 amide bonds. The molecule has 30 heavy (non-hydrogen) atoms. The average Bonchev–Trinajstić information content (AvgIpc) is 2.73. The molecule has 0 aliphatic rings. The van der Waals surface area contributed by atoms with Crippen LogP contribution in [0.1, 0.15) is 31.1 Å². The normalized spacial score (nSPS) is 12.0. The van der Waals surface area contributed by atoms with Gasteiger partial charge in [0, 0.05) is 17.9 Å². The molecule has 2 rings (SSSR count). The molecule has 0 aliphatic carbocycles. The van der Waals surface area contributed by atoms with Crippen LogP contribution in [-0.2, 0) is 19.6 Å². The first-order valence-corrected chi connectivity index (χ1v) is 10.8. The van der Waals surface area contributed by atoms with Crippen molar-refractivity contribution in [2.24, 2.45) is 0 Å². The molecule has 0 spiro atoms. The lowest BCUT2D eigenvalue weighted by Crippen LogP contribution is -2.46. The second-order valence-electron chi connectivity index (χ2n) is 6.13. The maximum Gasteiger partial charge on any atom is 0.269 e. The second kappa shape index (κ2) is 10.6. The summed E-state index contributed by atoms with van der Waals surface area (Å²) in [5.74, 6) is -0.451. The number of amides is 2. The van der Waals surface area contributed by atoms with Gasteiger partial charge in [-0.15, -0.1) is 0 Å². The highest BCUT2D eigenvalue weighted by molar-refractivity contribution is 7.92. The largest absolute Gasteiger partial charge is 0.494 e.